The van der Waals surface area contributed by atoms with E-state index in [9.17, 15) is 12.8 Å². The van der Waals surface area contributed by atoms with Crippen LogP contribution in [-0.2, 0) is 9.84 Å². The third-order valence-corrected chi connectivity index (χ3v) is 5.25. The first-order chi connectivity index (χ1) is 12.3. The van der Waals surface area contributed by atoms with E-state index in [1.165, 1.54) is 12.1 Å². The molecule has 0 spiro atoms. The second-order valence-corrected chi connectivity index (χ2v) is 7.96. The first-order valence-corrected chi connectivity index (χ1v) is 9.65. The zero-order valence-corrected chi connectivity index (χ0v) is 15.0. The highest BCUT2D eigenvalue weighted by molar-refractivity contribution is 7.90. The largest absolute Gasteiger partial charge is 0.264 e. The number of aromatic nitrogens is 1. The third-order valence-electron chi connectivity index (χ3n) is 4.12. The van der Waals surface area contributed by atoms with Gasteiger partial charge in [0, 0.05) is 24.2 Å². The molecule has 0 bridgehead atoms. The number of aryl methyl sites for hydroxylation is 1. The van der Waals surface area contributed by atoms with Gasteiger partial charge in [-0.15, -0.1) is 0 Å². The quantitative estimate of drug-likeness (QED) is 0.698. The van der Waals surface area contributed by atoms with E-state index < -0.39 is 15.7 Å². The summed E-state index contributed by atoms with van der Waals surface area (Å²) in [6.07, 6.45) is 4.21. The molecule has 0 amide bonds. The standard InChI is InChI=1S/C20H15FN2O2S/c1-13-9-14(3-4-16(13)11-22)17-7-8-23-12-18(17)15-5-6-20(19(21)10-15)26(2,24)25/h3-10,12H,1-2H3. The molecule has 0 fully saturated rings. The van der Waals surface area contributed by atoms with Crippen LogP contribution in [0.3, 0.4) is 0 Å². The number of sulfone groups is 1. The highest BCUT2D eigenvalue weighted by Gasteiger charge is 2.16. The fraction of sp³-hybridized carbons (Fsp3) is 0.100. The molecule has 0 radical (unpaired) electrons. The van der Waals surface area contributed by atoms with Crippen molar-refractivity contribution in [3.8, 4) is 28.3 Å². The van der Waals surface area contributed by atoms with Crippen LogP contribution in [0.2, 0.25) is 0 Å². The number of hydrogen-bond acceptors (Lipinski definition) is 4. The van der Waals surface area contributed by atoms with Gasteiger partial charge in [-0.25, -0.2) is 12.8 Å². The highest BCUT2D eigenvalue weighted by atomic mass is 32.2. The van der Waals surface area contributed by atoms with Crippen LogP contribution in [0.5, 0.6) is 0 Å². The average Bonchev–Trinajstić information content (AvgIpc) is 2.60. The Bertz CT molecular complexity index is 1150. The second kappa shape index (κ2) is 6.70. The Kier molecular flexibility index (Phi) is 4.58. The second-order valence-electron chi connectivity index (χ2n) is 5.98. The van der Waals surface area contributed by atoms with E-state index in [-0.39, 0.29) is 4.90 Å². The fourth-order valence-electron chi connectivity index (χ4n) is 2.80. The van der Waals surface area contributed by atoms with Crippen LogP contribution in [0, 0.1) is 24.1 Å². The van der Waals surface area contributed by atoms with Gasteiger partial charge in [0.25, 0.3) is 0 Å². The number of halogens is 1. The Labute approximate surface area is 151 Å². The van der Waals surface area contributed by atoms with Gasteiger partial charge < -0.3 is 0 Å². The van der Waals surface area contributed by atoms with Gasteiger partial charge in [0.1, 0.15) is 10.7 Å². The maximum Gasteiger partial charge on any atom is 0.178 e. The van der Waals surface area contributed by atoms with Gasteiger partial charge in [0.2, 0.25) is 0 Å². The fourth-order valence-corrected chi connectivity index (χ4v) is 3.53. The summed E-state index contributed by atoms with van der Waals surface area (Å²) in [6.45, 7) is 1.85. The Morgan fingerprint density at radius 2 is 1.73 bits per heavy atom. The lowest BCUT2D eigenvalue weighted by molar-refractivity contribution is 0.571. The Morgan fingerprint density at radius 3 is 2.35 bits per heavy atom. The molecule has 6 heteroatoms. The lowest BCUT2D eigenvalue weighted by Gasteiger charge is -2.12. The lowest BCUT2D eigenvalue weighted by atomic mass is 9.94. The number of hydrogen-bond donors (Lipinski definition) is 0. The summed E-state index contributed by atoms with van der Waals surface area (Å²) >= 11 is 0. The molecule has 0 N–H and O–H groups in total. The number of rotatable bonds is 3. The van der Waals surface area contributed by atoms with Crippen LogP contribution in [0.4, 0.5) is 4.39 Å². The molecule has 0 saturated carbocycles. The van der Waals surface area contributed by atoms with Crippen molar-refractivity contribution in [1.29, 1.82) is 5.26 Å². The van der Waals surface area contributed by atoms with E-state index >= 15 is 0 Å². The first-order valence-electron chi connectivity index (χ1n) is 7.76. The molecule has 1 heterocycles. The predicted octanol–water partition coefficient (Wildman–Crippen LogP) is 4.14. The molecule has 3 aromatic rings. The number of pyridine rings is 1. The maximum atomic E-state index is 14.3. The first kappa shape index (κ1) is 17.8. The van der Waals surface area contributed by atoms with Gasteiger partial charge in [-0.2, -0.15) is 5.26 Å². The summed E-state index contributed by atoms with van der Waals surface area (Å²) in [5.41, 5.74) is 4.32. The van der Waals surface area contributed by atoms with E-state index in [0.29, 0.717) is 16.7 Å². The van der Waals surface area contributed by atoms with Crippen molar-refractivity contribution in [1.82, 2.24) is 4.98 Å². The molecule has 0 unspecified atom stereocenters. The zero-order valence-electron chi connectivity index (χ0n) is 14.2. The summed E-state index contributed by atoms with van der Waals surface area (Å²) in [4.78, 5) is 3.78. The van der Waals surface area contributed by atoms with Gasteiger partial charge in [-0.05, 0) is 53.4 Å². The zero-order chi connectivity index (χ0) is 18.9. The van der Waals surface area contributed by atoms with Crippen LogP contribution < -0.4 is 0 Å². The maximum absolute atomic E-state index is 14.3. The molecule has 0 saturated heterocycles. The van der Waals surface area contributed by atoms with Crippen molar-refractivity contribution in [2.45, 2.75) is 11.8 Å². The molecule has 0 atom stereocenters. The molecular weight excluding hydrogens is 351 g/mol. The predicted molar refractivity (Wildman–Crippen MR) is 97.6 cm³/mol. The minimum Gasteiger partial charge on any atom is -0.264 e. The third kappa shape index (κ3) is 3.35. The van der Waals surface area contributed by atoms with Crippen molar-refractivity contribution in [2.24, 2.45) is 0 Å². The Balaban J connectivity index is 2.16. The van der Waals surface area contributed by atoms with Gasteiger partial charge in [-0.3, -0.25) is 4.98 Å². The highest BCUT2D eigenvalue weighted by Crippen LogP contribution is 2.33. The number of benzene rings is 2. The smallest absolute Gasteiger partial charge is 0.178 e. The van der Waals surface area contributed by atoms with Crippen LogP contribution >= 0.6 is 0 Å². The number of nitriles is 1. The average molecular weight is 366 g/mol. The van der Waals surface area contributed by atoms with E-state index in [2.05, 4.69) is 11.1 Å². The van der Waals surface area contributed by atoms with E-state index in [4.69, 9.17) is 5.26 Å². The van der Waals surface area contributed by atoms with Crippen molar-refractivity contribution in [2.75, 3.05) is 6.26 Å². The van der Waals surface area contributed by atoms with E-state index in [1.807, 2.05) is 19.1 Å². The van der Waals surface area contributed by atoms with E-state index in [1.54, 1.807) is 30.6 Å². The molecule has 1 aromatic heterocycles. The van der Waals surface area contributed by atoms with Crippen LogP contribution in [-0.4, -0.2) is 19.7 Å². The molecule has 0 aliphatic rings. The summed E-state index contributed by atoms with van der Waals surface area (Å²) in [6, 6.07) is 13.4. The lowest BCUT2D eigenvalue weighted by Crippen LogP contribution is -2.01. The van der Waals surface area contributed by atoms with E-state index in [0.717, 1.165) is 22.9 Å². The molecule has 2 aromatic carbocycles. The van der Waals surface area contributed by atoms with Crippen LogP contribution in [0.15, 0.2) is 59.8 Å². The molecule has 26 heavy (non-hydrogen) atoms. The van der Waals surface area contributed by atoms with Gasteiger partial charge in [-0.1, -0.05) is 18.2 Å². The van der Waals surface area contributed by atoms with Gasteiger partial charge >= 0.3 is 0 Å². The minimum atomic E-state index is -3.63. The Hall–Kier alpha value is -3.04. The number of nitrogens with zero attached hydrogens (tertiary/aromatic N) is 2. The summed E-state index contributed by atoms with van der Waals surface area (Å²) in [5.74, 6) is -0.796. The van der Waals surface area contributed by atoms with Crippen molar-refractivity contribution >= 4 is 9.84 Å². The Morgan fingerprint density at radius 1 is 1.04 bits per heavy atom. The molecule has 4 nitrogen and oxygen atoms in total. The summed E-state index contributed by atoms with van der Waals surface area (Å²) in [7, 11) is -3.63. The summed E-state index contributed by atoms with van der Waals surface area (Å²) < 4.78 is 37.5. The molecule has 0 aliphatic carbocycles. The van der Waals surface area contributed by atoms with Gasteiger partial charge in [0.05, 0.1) is 11.6 Å². The molecule has 0 aliphatic heterocycles. The van der Waals surface area contributed by atoms with Crippen molar-refractivity contribution in [3.63, 3.8) is 0 Å². The van der Waals surface area contributed by atoms with Crippen molar-refractivity contribution in [3.05, 3.63) is 71.8 Å². The normalized spacial score (nSPS) is 11.2. The van der Waals surface area contributed by atoms with Crippen molar-refractivity contribution < 1.29 is 12.8 Å². The monoisotopic (exact) mass is 366 g/mol. The topological polar surface area (TPSA) is 70.8 Å². The van der Waals surface area contributed by atoms with Gasteiger partial charge in [0.15, 0.2) is 9.84 Å². The molecular formula is C20H15FN2O2S. The molecule has 3 rings (SSSR count). The molecule has 130 valence electrons. The van der Waals surface area contributed by atoms with Crippen LogP contribution in [0.25, 0.3) is 22.3 Å². The summed E-state index contributed by atoms with van der Waals surface area (Å²) in [5, 5.41) is 9.08. The minimum absolute atomic E-state index is 0.332. The van der Waals surface area contributed by atoms with Crippen LogP contribution in [0.1, 0.15) is 11.1 Å². The SMILES string of the molecule is Cc1cc(-c2ccncc2-c2ccc(S(C)(=O)=O)c(F)c2)ccc1C#N.